The molecule has 0 atom stereocenters. The van der Waals surface area contributed by atoms with Crippen LogP contribution in [-0.2, 0) is 16.0 Å². The lowest BCUT2D eigenvalue weighted by Crippen LogP contribution is -2.08. The third kappa shape index (κ3) is 3.93. The number of rotatable bonds is 3. The Morgan fingerprint density at radius 3 is 2.00 bits per heavy atom. The molecule has 0 N–H and O–H groups in total. The molecule has 27 heavy (non-hydrogen) atoms. The van der Waals surface area contributed by atoms with E-state index in [1.807, 2.05) is 0 Å². The van der Waals surface area contributed by atoms with Gasteiger partial charge in [-0.2, -0.15) is 13.2 Å². The van der Waals surface area contributed by atoms with Gasteiger partial charge < -0.3 is 0 Å². The molecule has 0 spiro atoms. The summed E-state index contributed by atoms with van der Waals surface area (Å²) in [4.78, 5) is -0.388. The van der Waals surface area contributed by atoms with Crippen molar-refractivity contribution in [3.05, 3.63) is 64.5 Å². The Balaban J connectivity index is 2.11. The number of hydrogen-bond donors (Lipinski definition) is 0. The van der Waals surface area contributed by atoms with Crippen molar-refractivity contribution in [2.75, 3.05) is 6.26 Å². The molecule has 0 heterocycles. The van der Waals surface area contributed by atoms with E-state index in [-0.39, 0.29) is 10.5 Å². The molecule has 7 heteroatoms. The Bertz CT molecular complexity index is 1030. The lowest BCUT2D eigenvalue weighted by atomic mass is 9.94. The van der Waals surface area contributed by atoms with Crippen LogP contribution in [0.2, 0.25) is 0 Å². The quantitative estimate of drug-likeness (QED) is 0.626. The van der Waals surface area contributed by atoms with Crippen LogP contribution in [0.15, 0.2) is 41.3 Å². The molecular weight excluding hydrogens is 380 g/mol. The van der Waals surface area contributed by atoms with E-state index < -0.39 is 27.4 Å². The van der Waals surface area contributed by atoms with Gasteiger partial charge in [0.2, 0.25) is 0 Å². The zero-order valence-electron chi connectivity index (χ0n) is 14.8. The summed E-state index contributed by atoms with van der Waals surface area (Å²) >= 11 is 0. The van der Waals surface area contributed by atoms with Crippen LogP contribution >= 0.6 is 0 Å². The summed E-state index contributed by atoms with van der Waals surface area (Å²) in [6, 6.07) is 8.09. The number of halogens is 4. The van der Waals surface area contributed by atoms with E-state index >= 15 is 0 Å². The second kappa shape index (κ2) is 6.78. The molecule has 0 bridgehead atoms. The number of aryl methyl sites for hydroxylation is 1. The molecule has 0 aliphatic heterocycles. The van der Waals surface area contributed by atoms with E-state index in [0.29, 0.717) is 24.0 Å². The summed E-state index contributed by atoms with van der Waals surface area (Å²) in [7, 11) is -3.68. The van der Waals surface area contributed by atoms with Crippen molar-refractivity contribution in [2.24, 2.45) is 0 Å². The van der Waals surface area contributed by atoms with Crippen molar-refractivity contribution >= 4 is 21.0 Å². The molecule has 0 amide bonds. The maximum Gasteiger partial charge on any atom is 0.416 e. The van der Waals surface area contributed by atoms with Crippen LogP contribution in [0.25, 0.3) is 11.1 Å². The minimum absolute atomic E-state index is 0.148. The number of hydrogen-bond acceptors (Lipinski definition) is 2. The molecule has 0 fully saturated rings. The van der Waals surface area contributed by atoms with E-state index in [1.54, 1.807) is 6.07 Å². The van der Waals surface area contributed by atoms with Crippen LogP contribution in [0.3, 0.4) is 0 Å². The zero-order valence-corrected chi connectivity index (χ0v) is 15.6. The van der Waals surface area contributed by atoms with Gasteiger partial charge in [0.1, 0.15) is 10.7 Å². The van der Waals surface area contributed by atoms with Crippen LogP contribution in [0.4, 0.5) is 17.6 Å². The van der Waals surface area contributed by atoms with Crippen molar-refractivity contribution in [2.45, 2.75) is 37.3 Å². The SMILES string of the molecule is Cc1ccc(C2=C(c3ccc(S(C)(=O)=O)c(F)c3)CCC2)cc1C(F)(F)F. The van der Waals surface area contributed by atoms with E-state index in [2.05, 4.69) is 0 Å². The van der Waals surface area contributed by atoms with Crippen LogP contribution in [0.1, 0.15) is 41.5 Å². The lowest BCUT2D eigenvalue weighted by molar-refractivity contribution is -0.138. The minimum Gasteiger partial charge on any atom is -0.224 e. The van der Waals surface area contributed by atoms with Crippen LogP contribution in [-0.4, -0.2) is 14.7 Å². The molecule has 2 aromatic carbocycles. The summed E-state index contributed by atoms with van der Waals surface area (Å²) in [5.74, 6) is -0.853. The molecule has 2 aromatic rings. The monoisotopic (exact) mass is 398 g/mol. The molecule has 2 nitrogen and oxygen atoms in total. The molecule has 3 rings (SSSR count). The highest BCUT2D eigenvalue weighted by Gasteiger charge is 2.33. The first kappa shape index (κ1) is 19.6. The van der Waals surface area contributed by atoms with Gasteiger partial charge in [0.15, 0.2) is 9.84 Å². The van der Waals surface area contributed by atoms with Gasteiger partial charge in [-0.05, 0) is 72.2 Å². The summed E-state index contributed by atoms with van der Waals surface area (Å²) in [5, 5.41) is 0. The van der Waals surface area contributed by atoms with Crippen molar-refractivity contribution in [1.29, 1.82) is 0 Å². The van der Waals surface area contributed by atoms with Gasteiger partial charge in [0.05, 0.1) is 5.56 Å². The first-order valence-corrected chi connectivity index (χ1v) is 10.3. The molecule has 1 aliphatic carbocycles. The Kier molecular flexibility index (Phi) is 4.93. The van der Waals surface area contributed by atoms with Crippen LogP contribution in [0, 0.1) is 12.7 Å². The number of sulfone groups is 1. The van der Waals surface area contributed by atoms with E-state index in [1.165, 1.54) is 25.1 Å². The highest BCUT2D eigenvalue weighted by Crippen LogP contribution is 2.42. The van der Waals surface area contributed by atoms with Gasteiger partial charge in [-0.25, -0.2) is 12.8 Å². The fourth-order valence-corrected chi connectivity index (χ4v) is 4.21. The van der Waals surface area contributed by atoms with Crippen molar-refractivity contribution in [3.63, 3.8) is 0 Å². The smallest absolute Gasteiger partial charge is 0.224 e. The predicted molar refractivity (Wildman–Crippen MR) is 96.4 cm³/mol. The van der Waals surface area contributed by atoms with E-state index in [9.17, 15) is 26.0 Å². The second-order valence-electron chi connectivity index (χ2n) is 6.76. The van der Waals surface area contributed by atoms with Gasteiger partial charge in [-0.1, -0.05) is 18.2 Å². The summed E-state index contributed by atoms with van der Waals surface area (Å²) in [6.07, 6.45) is -1.58. The first-order chi connectivity index (χ1) is 12.5. The fraction of sp³-hybridized carbons (Fsp3) is 0.300. The summed E-state index contributed by atoms with van der Waals surface area (Å²) in [6.45, 7) is 1.41. The van der Waals surface area contributed by atoms with Gasteiger partial charge >= 0.3 is 6.18 Å². The molecule has 0 saturated carbocycles. The topological polar surface area (TPSA) is 34.1 Å². The fourth-order valence-electron chi connectivity index (χ4n) is 3.49. The normalized spacial score (nSPS) is 15.5. The number of benzene rings is 2. The van der Waals surface area contributed by atoms with Crippen molar-refractivity contribution in [1.82, 2.24) is 0 Å². The average Bonchev–Trinajstić information content (AvgIpc) is 3.02. The molecule has 0 radical (unpaired) electrons. The number of alkyl halides is 3. The molecule has 0 unspecified atom stereocenters. The summed E-state index contributed by atoms with van der Waals surface area (Å²) < 4.78 is 77.1. The maximum atomic E-state index is 14.3. The average molecular weight is 398 g/mol. The number of allylic oxidation sites excluding steroid dienone is 2. The Morgan fingerprint density at radius 2 is 1.48 bits per heavy atom. The predicted octanol–water partition coefficient (Wildman–Crippen LogP) is 5.65. The highest BCUT2D eigenvalue weighted by molar-refractivity contribution is 7.90. The van der Waals surface area contributed by atoms with E-state index in [0.717, 1.165) is 36.0 Å². The van der Waals surface area contributed by atoms with Crippen molar-refractivity contribution < 1.29 is 26.0 Å². The third-order valence-electron chi connectivity index (χ3n) is 4.79. The Morgan fingerprint density at radius 1 is 0.926 bits per heavy atom. The highest BCUT2D eigenvalue weighted by atomic mass is 32.2. The minimum atomic E-state index is -4.44. The van der Waals surface area contributed by atoms with Gasteiger partial charge in [0, 0.05) is 6.26 Å². The van der Waals surface area contributed by atoms with Crippen LogP contribution in [0.5, 0.6) is 0 Å². The second-order valence-corrected chi connectivity index (χ2v) is 8.74. The first-order valence-electron chi connectivity index (χ1n) is 8.38. The molecule has 0 aromatic heterocycles. The maximum absolute atomic E-state index is 14.3. The van der Waals surface area contributed by atoms with Crippen LogP contribution < -0.4 is 0 Å². The lowest BCUT2D eigenvalue weighted by Gasteiger charge is -2.14. The third-order valence-corrected chi connectivity index (χ3v) is 5.92. The van der Waals surface area contributed by atoms with Gasteiger partial charge in [-0.3, -0.25) is 0 Å². The molecule has 144 valence electrons. The zero-order chi connectivity index (χ0) is 20.0. The largest absolute Gasteiger partial charge is 0.416 e. The molecule has 1 aliphatic rings. The molecule has 0 saturated heterocycles. The van der Waals surface area contributed by atoms with Crippen molar-refractivity contribution in [3.8, 4) is 0 Å². The molecular formula is C20H18F4O2S. The Labute approximate surface area is 155 Å². The standard InChI is InChI=1S/C20H18F4O2S/c1-12-6-7-13(10-17(12)20(22,23)24)15-4-3-5-16(15)14-8-9-19(18(21)11-14)27(2,25)26/h6-11H,3-5H2,1-2H3. The Hall–Kier alpha value is -2.15. The van der Waals surface area contributed by atoms with Gasteiger partial charge in [0.25, 0.3) is 0 Å². The van der Waals surface area contributed by atoms with Gasteiger partial charge in [-0.15, -0.1) is 0 Å². The summed E-state index contributed by atoms with van der Waals surface area (Å²) in [5.41, 5.74) is 1.93. The van der Waals surface area contributed by atoms with E-state index in [4.69, 9.17) is 0 Å².